The van der Waals surface area contributed by atoms with E-state index in [1.807, 2.05) is 0 Å². The number of sulfone groups is 1. The molecule has 2 saturated heterocycles. The Balaban J connectivity index is 0.00000144. The Morgan fingerprint density at radius 3 is 1.89 bits per heavy atom. The largest absolute Gasteiger partial charge is 0.317 e. The Morgan fingerprint density at radius 2 is 1.39 bits per heavy atom. The van der Waals surface area contributed by atoms with Crippen LogP contribution in [0.1, 0.15) is 25.7 Å². The van der Waals surface area contributed by atoms with Gasteiger partial charge in [-0.15, -0.1) is 24.8 Å². The monoisotopic (exact) mass is 318 g/mol. The standard InChI is InChI=1S/C11H22N2O2S.2ClH/c1-13-8-4-11(5-9-13)16(14,15)10-2-6-12-7-3-10;;/h10-12H,2-9H2,1H3;2*1H. The van der Waals surface area contributed by atoms with Crippen LogP contribution in [0, 0.1) is 0 Å². The van der Waals surface area contributed by atoms with Crippen molar-refractivity contribution in [3.05, 3.63) is 0 Å². The van der Waals surface area contributed by atoms with E-state index in [4.69, 9.17) is 0 Å². The molecular weight excluding hydrogens is 295 g/mol. The van der Waals surface area contributed by atoms with E-state index in [-0.39, 0.29) is 35.3 Å². The molecule has 2 aliphatic rings. The SMILES string of the molecule is CN1CCC(S(=O)(=O)C2CCNCC2)CC1.Cl.Cl. The van der Waals surface area contributed by atoms with Crippen molar-refractivity contribution in [2.75, 3.05) is 33.2 Å². The number of nitrogens with zero attached hydrogens (tertiary/aromatic N) is 1. The van der Waals surface area contributed by atoms with Gasteiger partial charge in [0.05, 0.1) is 10.5 Å². The maximum Gasteiger partial charge on any atom is 0.156 e. The zero-order valence-electron chi connectivity index (χ0n) is 10.8. The summed E-state index contributed by atoms with van der Waals surface area (Å²) >= 11 is 0. The van der Waals surface area contributed by atoms with Crippen molar-refractivity contribution in [1.82, 2.24) is 10.2 Å². The first kappa shape index (κ1) is 18.4. The van der Waals surface area contributed by atoms with Gasteiger partial charge in [0.15, 0.2) is 9.84 Å². The summed E-state index contributed by atoms with van der Waals surface area (Å²) in [4.78, 5) is 2.22. The summed E-state index contributed by atoms with van der Waals surface area (Å²) in [5.74, 6) is 0. The predicted molar refractivity (Wildman–Crippen MR) is 79.8 cm³/mol. The van der Waals surface area contributed by atoms with Crippen LogP contribution in [0.4, 0.5) is 0 Å². The molecule has 0 atom stereocenters. The van der Waals surface area contributed by atoms with E-state index >= 15 is 0 Å². The summed E-state index contributed by atoms with van der Waals surface area (Å²) in [6.45, 7) is 3.57. The second-order valence-electron chi connectivity index (χ2n) is 5.04. The summed E-state index contributed by atoms with van der Waals surface area (Å²) in [6.07, 6.45) is 3.24. The molecule has 7 heteroatoms. The van der Waals surface area contributed by atoms with Crippen LogP contribution in [-0.2, 0) is 9.84 Å². The lowest BCUT2D eigenvalue weighted by molar-refractivity contribution is 0.276. The van der Waals surface area contributed by atoms with Gasteiger partial charge in [-0.05, 0) is 58.9 Å². The van der Waals surface area contributed by atoms with Crippen LogP contribution in [0.3, 0.4) is 0 Å². The third-order valence-electron chi connectivity index (χ3n) is 3.88. The van der Waals surface area contributed by atoms with Crippen LogP contribution in [0.15, 0.2) is 0 Å². The summed E-state index contributed by atoms with van der Waals surface area (Å²) in [5.41, 5.74) is 0. The summed E-state index contributed by atoms with van der Waals surface area (Å²) in [6, 6.07) is 0. The molecular formula is C11H24Cl2N2O2S. The molecule has 0 amide bonds. The maximum absolute atomic E-state index is 12.4. The van der Waals surface area contributed by atoms with E-state index in [0.29, 0.717) is 0 Å². The molecule has 2 aliphatic heterocycles. The zero-order valence-corrected chi connectivity index (χ0v) is 13.2. The Kier molecular flexibility index (Phi) is 8.10. The highest BCUT2D eigenvalue weighted by molar-refractivity contribution is 7.92. The highest BCUT2D eigenvalue weighted by atomic mass is 35.5. The highest BCUT2D eigenvalue weighted by Gasteiger charge is 2.35. The van der Waals surface area contributed by atoms with E-state index in [1.54, 1.807) is 0 Å². The number of likely N-dealkylation sites (tertiary alicyclic amines) is 1. The highest BCUT2D eigenvalue weighted by Crippen LogP contribution is 2.25. The lowest BCUT2D eigenvalue weighted by atomic mass is 10.1. The Bertz CT molecular complexity index is 324. The van der Waals surface area contributed by atoms with Crippen LogP contribution >= 0.6 is 24.8 Å². The van der Waals surface area contributed by atoms with Crippen molar-refractivity contribution in [2.24, 2.45) is 0 Å². The lowest BCUT2D eigenvalue weighted by Crippen LogP contribution is -2.44. The quantitative estimate of drug-likeness (QED) is 0.828. The van der Waals surface area contributed by atoms with Crippen LogP contribution in [0.2, 0.25) is 0 Å². The topological polar surface area (TPSA) is 49.4 Å². The molecule has 1 N–H and O–H groups in total. The van der Waals surface area contributed by atoms with E-state index in [9.17, 15) is 8.42 Å². The molecule has 18 heavy (non-hydrogen) atoms. The molecule has 0 unspecified atom stereocenters. The van der Waals surface area contributed by atoms with Crippen molar-refractivity contribution < 1.29 is 8.42 Å². The summed E-state index contributed by atoms with van der Waals surface area (Å²) in [5, 5.41) is 3.07. The molecule has 2 heterocycles. The van der Waals surface area contributed by atoms with Gasteiger partial charge in [-0.2, -0.15) is 0 Å². The molecule has 0 aliphatic carbocycles. The third-order valence-corrected chi connectivity index (χ3v) is 6.68. The first-order valence-corrected chi connectivity index (χ1v) is 7.83. The maximum atomic E-state index is 12.4. The number of halogens is 2. The van der Waals surface area contributed by atoms with Crippen LogP contribution < -0.4 is 5.32 Å². The van der Waals surface area contributed by atoms with Gasteiger partial charge in [0.25, 0.3) is 0 Å². The van der Waals surface area contributed by atoms with Gasteiger partial charge >= 0.3 is 0 Å². The second-order valence-corrected chi connectivity index (χ2v) is 7.55. The lowest BCUT2D eigenvalue weighted by Gasteiger charge is -2.32. The summed E-state index contributed by atoms with van der Waals surface area (Å²) < 4.78 is 24.8. The van der Waals surface area contributed by atoms with Crippen molar-refractivity contribution in [1.29, 1.82) is 0 Å². The van der Waals surface area contributed by atoms with Crippen molar-refractivity contribution in [3.63, 3.8) is 0 Å². The fourth-order valence-electron chi connectivity index (χ4n) is 2.71. The van der Waals surface area contributed by atoms with Gasteiger partial charge in [0.2, 0.25) is 0 Å². The normalized spacial score (nSPS) is 24.1. The molecule has 0 aromatic carbocycles. The van der Waals surface area contributed by atoms with Crippen LogP contribution in [0.25, 0.3) is 0 Å². The van der Waals surface area contributed by atoms with Gasteiger partial charge in [-0.3, -0.25) is 0 Å². The molecule has 2 fully saturated rings. The molecule has 0 aromatic rings. The molecule has 0 spiro atoms. The first-order chi connectivity index (χ1) is 7.60. The number of nitrogens with one attached hydrogen (secondary N) is 1. The first-order valence-electron chi connectivity index (χ1n) is 6.22. The van der Waals surface area contributed by atoms with Gasteiger partial charge < -0.3 is 10.2 Å². The molecule has 110 valence electrons. The van der Waals surface area contributed by atoms with Crippen LogP contribution in [-0.4, -0.2) is 57.0 Å². The number of hydrogen-bond donors (Lipinski definition) is 1. The Hall–Kier alpha value is 0.450. The van der Waals surface area contributed by atoms with E-state index in [0.717, 1.165) is 51.9 Å². The minimum atomic E-state index is -2.88. The molecule has 0 bridgehead atoms. The molecule has 0 saturated carbocycles. The van der Waals surface area contributed by atoms with Crippen molar-refractivity contribution in [3.8, 4) is 0 Å². The average molecular weight is 319 g/mol. The fraction of sp³-hybridized carbons (Fsp3) is 1.00. The number of hydrogen-bond acceptors (Lipinski definition) is 4. The number of piperidine rings is 2. The minimum Gasteiger partial charge on any atom is -0.317 e. The molecule has 4 nitrogen and oxygen atoms in total. The predicted octanol–water partition coefficient (Wildman–Crippen LogP) is 1.09. The Morgan fingerprint density at radius 1 is 0.944 bits per heavy atom. The average Bonchev–Trinajstić information content (AvgIpc) is 2.31. The van der Waals surface area contributed by atoms with Crippen LogP contribution in [0.5, 0.6) is 0 Å². The number of rotatable bonds is 2. The fourth-order valence-corrected chi connectivity index (χ4v) is 5.01. The van der Waals surface area contributed by atoms with E-state index in [2.05, 4.69) is 17.3 Å². The van der Waals surface area contributed by atoms with E-state index in [1.165, 1.54) is 0 Å². The van der Waals surface area contributed by atoms with Crippen molar-refractivity contribution in [2.45, 2.75) is 36.2 Å². The van der Waals surface area contributed by atoms with Gasteiger partial charge in [0, 0.05) is 0 Å². The summed E-state index contributed by atoms with van der Waals surface area (Å²) in [7, 11) is -0.812. The van der Waals surface area contributed by atoms with Crippen molar-refractivity contribution >= 4 is 34.7 Å². The Labute approximate surface area is 123 Å². The smallest absolute Gasteiger partial charge is 0.156 e. The second kappa shape index (κ2) is 7.90. The van der Waals surface area contributed by atoms with Gasteiger partial charge in [-0.1, -0.05) is 0 Å². The minimum absolute atomic E-state index is 0. The van der Waals surface area contributed by atoms with Gasteiger partial charge in [0.1, 0.15) is 0 Å². The molecule has 0 radical (unpaired) electrons. The third kappa shape index (κ3) is 4.23. The van der Waals surface area contributed by atoms with E-state index < -0.39 is 9.84 Å². The van der Waals surface area contributed by atoms with Gasteiger partial charge in [-0.25, -0.2) is 8.42 Å². The zero-order chi connectivity index (χ0) is 11.6. The molecule has 0 aromatic heterocycles. The molecule has 2 rings (SSSR count).